The lowest BCUT2D eigenvalue weighted by Crippen LogP contribution is -2.17. The first-order valence-corrected chi connectivity index (χ1v) is 6.63. The summed E-state index contributed by atoms with van der Waals surface area (Å²) >= 11 is 0. The van der Waals surface area contributed by atoms with Crippen molar-refractivity contribution in [2.24, 2.45) is 0 Å². The third-order valence-electron chi connectivity index (χ3n) is 3.14. The van der Waals surface area contributed by atoms with Crippen molar-refractivity contribution in [1.29, 1.82) is 0 Å². The van der Waals surface area contributed by atoms with Gasteiger partial charge in [-0.1, -0.05) is 6.92 Å². The molecule has 2 heterocycles. The topological polar surface area (TPSA) is 47.3 Å². The van der Waals surface area contributed by atoms with Crippen LogP contribution in [0.4, 0.5) is 0 Å². The molecule has 0 atom stereocenters. The third-order valence-corrected chi connectivity index (χ3v) is 3.14. The smallest absolute Gasteiger partial charge is 0.195 e. The van der Waals surface area contributed by atoms with Gasteiger partial charge in [-0.05, 0) is 25.8 Å². The monoisotopic (exact) mass is 238 g/mol. The van der Waals surface area contributed by atoms with Gasteiger partial charge in [0.25, 0.3) is 0 Å². The van der Waals surface area contributed by atoms with Crippen molar-refractivity contribution in [2.75, 3.05) is 26.3 Å². The molecule has 1 aliphatic rings. The molecule has 0 aromatic carbocycles. The number of hydrogen-bond donors (Lipinski definition) is 1. The van der Waals surface area contributed by atoms with E-state index in [2.05, 4.69) is 17.2 Å². The fourth-order valence-corrected chi connectivity index (χ4v) is 2.11. The van der Waals surface area contributed by atoms with Gasteiger partial charge < -0.3 is 14.5 Å². The van der Waals surface area contributed by atoms with Crippen molar-refractivity contribution < 1.29 is 9.15 Å². The molecule has 1 N–H and O–H groups in total. The molecular weight excluding hydrogens is 216 g/mol. The van der Waals surface area contributed by atoms with Gasteiger partial charge in [-0.25, -0.2) is 4.98 Å². The lowest BCUT2D eigenvalue weighted by Gasteiger charge is -2.19. The summed E-state index contributed by atoms with van der Waals surface area (Å²) < 4.78 is 11.1. The molecule has 0 amide bonds. The highest BCUT2D eigenvalue weighted by atomic mass is 16.5. The van der Waals surface area contributed by atoms with E-state index in [-0.39, 0.29) is 0 Å². The maximum atomic E-state index is 5.80. The predicted molar refractivity (Wildman–Crippen MR) is 66.2 cm³/mol. The van der Waals surface area contributed by atoms with Crippen molar-refractivity contribution in [1.82, 2.24) is 10.3 Å². The van der Waals surface area contributed by atoms with Crippen molar-refractivity contribution in [3.05, 3.63) is 17.8 Å². The summed E-state index contributed by atoms with van der Waals surface area (Å²) in [5, 5.41) is 3.35. The fraction of sp³-hybridized carbons (Fsp3) is 0.769. The molecule has 0 bridgehead atoms. The number of nitrogens with one attached hydrogen (secondary N) is 1. The second-order valence-corrected chi connectivity index (χ2v) is 4.54. The molecule has 1 aromatic heterocycles. The average Bonchev–Trinajstić information content (AvgIpc) is 2.85. The number of aromatic nitrogens is 1. The molecule has 17 heavy (non-hydrogen) atoms. The Kier molecular flexibility index (Phi) is 5.01. The summed E-state index contributed by atoms with van der Waals surface area (Å²) in [6.45, 7) is 5.87. The highest BCUT2D eigenvalue weighted by Crippen LogP contribution is 2.27. The Morgan fingerprint density at radius 3 is 2.94 bits per heavy atom. The van der Waals surface area contributed by atoms with Crippen molar-refractivity contribution in [3.63, 3.8) is 0 Å². The van der Waals surface area contributed by atoms with Crippen LogP contribution in [0.15, 0.2) is 10.6 Å². The van der Waals surface area contributed by atoms with E-state index in [0.29, 0.717) is 5.92 Å². The van der Waals surface area contributed by atoms with Gasteiger partial charge in [-0.2, -0.15) is 0 Å². The van der Waals surface area contributed by atoms with E-state index >= 15 is 0 Å². The molecule has 2 rings (SSSR count). The van der Waals surface area contributed by atoms with Gasteiger partial charge in [-0.15, -0.1) is 0 Å². The summed E-state index contributed by atoms with van der Waals surface area (Å²) in [7, 11) is 0. The first-order valence-electron chi connectivity index (χ1n) is 6.63. The van der Waals surface area contributed by atoms with E-state index in [1.807, 2.05) is 6.20 Å². The summed E-state index contributed by atoms with van der Waals surface area (Å²) in [5.74, 6) is 2.41. The second kappa shape index (κ2) is 6.77. The van der Waals surface area contributed by atoms with E-state index in [9.17, 15) is 0 Å². The molecule has 0 unspecified atom stereocenters. The maximum Gasteiger partial charge on any atom is 0.195 e. The lowest BCUT2D eigenvalue weighted by molar-refractivity contribution is 0.0804. The van der Waals surface area contributed by atoms with Gasteiger partial charge >= 0.3 is 0 Å². The van der Waals surface area contributed by atoms with Crippen LogP contribution >= 0.6 is 0 Å². The van der Waals surface area contributed by atoms with Crippen LogP contribution in [0.25, 0.3) is 0 Å². The van der Waals surface area contributed by atoms with Crippen molar-refractivity contribution in [3.8, 4) is 0 Å². The van der Waals surface area contributed by atoms with Crippen LogP contribution in [0.5, 0.6) is 0 Å². The molecule has 0 saturated carbocycles. The first kappa shape index (κ1) is 12.6. The van der Waals surface area contributed by atoms with Gasteiger partial charge in [0.2, 0.25) is 0 Å². The van der Waals surface area contributed by atoms with Crippen LogP contribution in [0.3, 0.4) is 0 Å². The quantitative estimate of drug-likeness (QED) is 0.771. The lowest BCUT2D eigenvalue weighted by atomic mass is 9.98. The largest absolute Gasteiger partial charge is 0.445 e. The minimum Gasteiger partial charge on any atom is -0.445 e. The van der Waals surface area contributed by atoms with E-state index < -0.39 is 0 Å². The Labute approximate surface area is 103 Å². The average molecular weight is 238 g/mol. The molecule has 4 heteroatoms. The molecule has 96 valence electrons. The fourth-order valence-electron chi connectivity index (χ4n) is 2.11. The molecule has 1 aromatic rings. The normalized spacial score (nSPS) is 17.5. The molecule has 1 aliphatic heterocycles. The predicted octanol–water partition coefficient (Wildman–Crippen LogP) is 2.11. The summed E-state index contributed by atoms with van der Waals surface area (Å²) in [4.78, 5) is 4.34. The SMILES string of the molecule is CCCNCCc1ncc(C2CCOCC2)o1. The standard InChI is InChI=1S/C13H22N2O2/c1-2-6-14-7-3-13-15-10-12(17-13)11-4-8-16-9-5-11/h10-11,14H,2-9H2,1H3. The number of nitrogens with zero attached hydrogens (tertiary/aromatic N) is 1. The van der Waals surface area contributed by atoms with Crippen LogP contribution in [-0.2, 0) is 11.2 Å². The molecular formula is C13H22N2O2. The second-order valence-electron chi connectivity index (χ2n) is 4.54. The van der Waals surface area contributed by atoms with Crippen LogP contribution in [-0.4, -0.2) is 31.3 Å². The van der Waals surface area contributed by atoms with Gasteiger partial charge in [0.05, 0.1) is 6.20 Å². The first-order chi connectivity index (χ1) is 8.40. The molecule has 0 radical (unpaired) electrons. The molecule has 1 saturated heterocycles. The zero-order valence-corrected chi connectivity index (χ0v) is 10.6. The van der Waals surface area contributed by atoms with Gasteiger partial charge in [0.15, 0.2) is 5.89 Å². The summed E-state index contributed by atoms with van der Waals surface area (Å²) in [6.07, 6.45) is 6.05. The minimum absolute atomic E-state index is 0.508. The Morgan fingerprint density at radius 2 is 2.18 bits per heavy atom. The highest BCUT2D eigenvalue weighted by molar-refractivity contribution is 5.03. The van der Waals surface area contributed by atoms with Crippen LogP contribution < -0.4 is 5.32 Å². The Bertz CT molecular complexity index is 319. The molecule has 1 fully saturated rings. The van der Waals surface area contributed by atoms with Crippen LogP contribution in [0, 0.1) is 0 Å². The van der Waals surface area contributed by atoms with Gasteiger partial charge in [0.1, 0.15) is 5.76 Å². The molecule has 4 nitrogen and oxygen atoms in total. The Hall–Kier alpha value is -0.870. The number of ether oxygens (including phenoxy) is 1. The van der Waals surface area contributed by atoms with E-state index in [4.69, 9.17) is 9.15 Å². The molecule has 0 spiro atoms. The number of rotatable bonds is 6. The maximum absolute atomic E-state index is 5.80. The van der Waals surface area contributed by atoms with Crippen molar-refractivity contribution in [2.45, 2.75) is 38.5 Å². The summed E-state index contributed by atoms with van der Waals surface area (Å²) in [5.41, 5.74) is 0. The third kappa shape index (κ3) is 3.82. The zero-order chi connectivity index (χ0) is 11.9. The van der Waals surface area contributed by atoms with E-state index in [1.165, 1.54) is 6.42 Å². The molecule has 0 aliphatic carbocycles. The van der Waals surface area contributed by atoms with Gasteiger partial charge in [-0.3, -0.25) is 0 Å². The Balaban J connectivity index is 1.78. The van der Waals surface area contributed by atoms with E-state index in [1.54, 1.807) is 0 Å². The number of oxazole rings is 1. The number of hydrogen-bond acceptors (Lipinski definition) is 4. The summed E-state index contributed by atoms with van der Waals surface area (Å²) in [6, 6.07) is 0. The van der Waals surface area contributed by atoms with E-state index in [0.717, 1.165) is 57.2 Å². The van der Waals surface area contributed by atoms with Crippen molar-refractivity contribution >= 4 is 0 Å². The Morgan fingerprint density at radius 1 is 1.35 bits per heavy atom. The minimum atomic E-state index is 0.508. The van der Waals surface area contributed by atoms with Gasteiger partial charge in [0, 0.05) is 32.1 Å². The van der Waals surface area contributed by atoms with Crippen LogP contribution in [0.2, 0.25) is 0 Å². The van der Waals surface area contributed by atoms with Crippen LogP contribution in [0.1, 0.15) is 43.8 Å². The highest BCUT2D eigenvalue weighted by Gasteiger charge is 2.19. The zero-order valence-electron chi connectivity index (χ0n) is 10.6.